The molecule has 3 amide bonds. The predicted molar refractivity (Wildman–Crippen MR) is 117 cm³/mol. The van der Waals surface area contributed by atoms with Crippen LogP contribution in [0.3, 0.4) is 0 Å². The molecule has 2 aliphatic rings. The summed E-state index contributed by atoms with van der Waals surface area (Å²) in [6.45, 7) is 0.303. The van der Waals surface area contributed by atoms with Crippen molar-refractivity contribution >= 4 is 40.2 Å². The third-order valence-corrected chi connectivity index (χ3v) is 6.38. The van der Waals surface area contributed by atoms with Gasteiger partial charge in [-0.2, -0.15) is 0 Å². The quantitative estimate of drug-likeness (QED) is 0.585. The Morgan fingerprint density at radius 1 is 1.13 bits per heavy atom. The van der Waals surface area contributed by atoms with Crippen molar-refractivity contribution in [1.29, 1.82) is 0 Å². The molecule has 7 nitrogen and oxygen atoms in total. The van der Waals surface area contributed by atoms with Crippen LogP contribution >= 0.6 is 11.6 Å². The van der Waals surface area contributed by atoms with Crippen LogP contribution in [0, 0.1) is 0 Å². The number of fused-ring (bicyclic) bond motifs is 2. The van der Waals surface area contributed by atoms with E-state index in [2.05, 4.69) is 15.6 Å². The second-order valence-corrected chi connectivity index (χ2v) is 8.42. The highest BCUT2D eigenvalue weighted by molar-refractivity contribution is 6.33. The monoisotopic (exact) mass is 436 g/mol. The smallest absolute Gasteiger partial charge is 0.253 e. The SMILES string of the molecule is O=C(N[C@H]1C[C@H]2C(=O)N[C@@H](Cc3c[nH]c4ccccc34)C(=O)N2C1)c1ccccc1Cl. The second kappa shape index (κ2) is 7.74. The third kappa shape index (κ3) is 3.55. The highest BCUT2D eigenvalue weighted by Crippen LogP contribution is 2.26. The van der Waals surface area contributed by atoms with E-state index in [1.54, 1.807) is 29.2 Å². The van der Waals surface area contributed by atoms with Crippen molar-refractivity contribution in [2.75, 3.05) is 6.54 Å². The Labute approximate surface area is 183 Å². The molecule has 3 aromatic rings. The summed E-state index contributed by atoms with van der Waals surface area (Å²) in [4.78, 5) is 43.3. The first kappa shape index (κ1) is 19.6. The number of carbonyl (C=O) groups is 3. The number of aromatic nitrogens is 1. The van der Waals surface area contributed by atoms with Crippen molar-refractivity contribution in [3.8, 4) is 0 Å². The number of piperazine rings is 1. The Hall–Kier alpha value is -3.32. The number of para-hydroxylation sites is 1. The van der Waals surface area contributed by atoms with Gasteiger partial charge in [0, 0.05) is 36.1 Å². The molecule has 1 aromatic heterocycles. The molecule has 3 atom stereocenters. The summed E-state index contributed by atoms with van der Waals surface area (Å²) in [6.07, 6.45) is 2.68. The highest BCUT2D eigenvalue weighted by Gasteiger charge is 2.46. The van der Waals surface area contributed by atoms with Crippen LogP contribution < -0.4 is 10.6 Å². The minimum absolute atomic E-state index is 0.121. The molecule has 0 radical (unpaired) electrons. The van der Waals surface area contributed by atoms with Crippen LogP contribution in [0.5, 0.6) is 0 Å². The van der Waals surface area contributed by atoms with Gasteiger partial charge in [-0.15, -0.1) is 0 Å². The zero-order valence-corrected chi connectivity index (χ0v) is 17.4. The van der Waals surface area contributed by atoms with Gasteiger partial charge in [0.25, 0.3) is 5.91 Å². The van der Waals surface area contributed by atoms with E-state index in [-0.39, 0.29) is 23.8 Å². The van der Waals surface area contributed by atoms with Crippen LogP contribution in [-0.2, 0) is 16.0 Å². The van der Waals surface area contributed by atoms with E-state index < -0.39 is 12.1 Å². The topological polar surface area (TPSA) is 94.3 Å². The van der Waals surface area contributed by atoms with Crippen LogP contribution in [0.25, 0.3) is 10.9 Å². The van der Waals surface area contributed by atoms with Crippen LogP contribution in [0.4, 0.5) is 0 Å². The summed E-state index contributed by atoms with van der Waals surface area (Å²) < 4.78 is 0. The minimum atomic E-state index is -0.624. The number of aromatic amines is 1. The molecule has 5 rings (SSSR count). The van der Waals surface area contributed by atoms with Crippen LogP contribution in [0.1, 0.15) is 22.3 Å². The van der Waals surface area contributed by atoms with Gasteiger partial charge in [-0.05, 0) is 30.2 Å². The van der Waals surface area contributed by atoms with E-state index >= 15 is 0 Å². The zero-order valence-electron chi connectivity index (χ0n) is 16.6. The number of nitrogens with one attached hydrogen (secondary N) is 3. The Morgan fingerprint density at radius 2 is 1.90 bits per heavy atom. The van der Waals surface area contributed by atoms with Gasteiger partial charge in [-0.1, -0.05) is 41.9 Å². The van der Waals surface area contributed by atoms with Gasteiger partial charge in [0.1, 0.15) is 12.1 Å². The molecule has 2 fully saturated rings. The van der Waals surface area contributed by atoms with E-state index in [1.807, 2.05) is 30.5 Å². The number of nitrogens with zero attached hydrogens (tertiary/aromatic N) is 1. The largest absolute Gasteiger partial charge is 0.361 e. The second-order valence-electron chi connectivity index (χ2n) is 8.02. The zero-order chi connectivity index (χ0) is 21.5. The van der Waals surface area contributed by atoms with E-state index in [9.17, 15) is 14.4 Å². The summed E-state index contributed by atoms with van der Waals surface area (Å²) in [5.41, 5.74) is 2.35. The fourth-order valence-electron chi connectivity index (χ4n) is 4.53. The lowest BCUT2D eigenvalue weighted by atomic mass is 10.0. The number of H-pyrrole nitrogens is 1. The van der Waals surface area contributed by atoms with Gasteiger partial charge >= 0.3 is 0 Å². The molecular formula is C23H21ClN4O3. The number of halogens is 1. The molecule has 0 unspecified atom stereocenters. The lowest BCUT2D eigenvalue weighted by molar-refractivity contribution is -0.146. The number of hydrogen-bond donors (Lipinski definition) is 3. The van der Waals surface area contributed by atoms with Crippen molar-refractivity contribution in [3.63, 3.8) is 0 Å². The molecule has 0 spiro atoms. The van der Waals surface area contributed by atoms with E-state index in [1.165, 1.54) is 0 Å². The molecule has 2 saturated heterocycles. The highest BCUT2D eigenvalue weighted by atomic mass is 35.5. The fraction of sp³-hybridized carbons (Fsp3) is 0.261. The van der Waals surface area contributed by atoms with Crippen molar-refractivity contribution in [3.05, 3.63) is 70.9 Å². The standard InChI is InChI=1S/C23H21ClN4O3/c24-17-7-3-1-6-16(17)21(29)26-14-10-20-22(30)27-19(23(31)28(20)12-14)9-13-11-25-18-8-4-2-5-15(13)18/h1-8,11,14,19-20,25H,9-10,12H2,(H,26,29)(H,27,30)/t14-,19-,20-/m0/s1. The summed E-state index contributed by atoms with van der Waals surface area (Å²) in [5, 5.41) is 7.20. The summed E-state index contributed by atoms with van der Waals surface area (Å²) in [7, 11) is 0. The van der Waals surface area contributed by atoms with Crippen LogP contribution in [-0.4, -0.2) is 52.3 Å². The van der Waals surface area contributed by atoms with E-state index in [0.29, 0.717) is 30.0 Å². The van der Waals surface area contributed by atoms with Crippen molar-refractivity contribution in [1.82, 2.24) is 20.5 Å². The molecular weight excluding hydrogens is 416 g/mol. The van der Waals surface area contributed by atoms with E-state index in [4.69, 9.17) is 11.6 Å². The number of benzene rings is 2. The van der Waals surface area contributed by atoms with Crippen molar-refractivity contribution < 1.29 is 14.4 Å². The molecule has 2 aliphatic heterocycles. The maximum absolute atomic E-state index is 13.1. The normalized spacial score (nSPS) is 23.0. The lowest BCUT2D eigenvalue weighted by Gasteiger charge is -2.34. The number of rotatable bonds is 4. The van der Waals surface area contributed by atoms with Crippen molar-refractivity contribution in [2.24, 2.45) is 0 Å². The average molecular weight is 437 g/mol. The Kier molecular flexibility index (Phi) is 4.90. The van der Waals surface area contributed by atoms with Gasteiger partial charge in [-0.25, -0.2) is 0 Å². The molecule has 0 aliphatic carbocycles. The minimum Gasteiger partial charge on any atom is -0.361 e. The summed E-state index contributed by atoms with van der Waals surface area (Å²) >= 11 is 6.11. The molecule has 0 bridgehead atoms. The number of carbonyl (C=O) groups excluding carboxylic acids is 3. The van der Waals surface area contributed by atoms with Gasteiger partial charge < -0.3 is 20.5 Å². The Bertz CT molecular complexity index is 1190. The van der Waals surface area contributed by atoms with Gasteiger partial charge in [0.05, 0.1) is 10.6 Å². The Balaban J connectivity index is 1.30. The lowest BCUT2D eigenvalue weighted by Crippen LogP contribution is -2.61. The molecule has 31 heavy (non-hydrogen) atoms. The van der Waals surface area contributed by atoms with Crippen LogP contribution in [0.15, 0.2) is 54.7 Å². The first-order chi connectivity index (χ1) is 15.0. The molecule has 0 saturated carbocycles. The average Bonchev–Trinajstić information content (AvgIpc) is 3.37. The first-order valence-electron chi connectivity index (χ1n) is 10.2. The summed E-state index contributed by atoms with van der Waals surface area (Å²) in [6, 6.07) is 13.2. The molecule has 3 heterocycles. The first-order valence-corrected chi connectivity index (χ1v) is 10.6. The number of hydrogen-bond acceptors (Lipinski definition) is 3. The summed E-state index contributed by atoms with van der Waals surface area (Å²) in [5.74, 6) is -0.609. The molecule has 3 N–H and O–H groups in total. The maximum Gasteiger partial charge on any atom is 0.253 e. The molecule has 2 aromatic carbocycles. The number of amides is 3. The van der Waals surface area contributed by atoms with Crippen molar-refractivity contribution in [2.45, 2.75) is 31.0 Å². The fourth-order valence-corrected chi connectivity index (χ4v) is 4.75. The predicted octanol–water partition coefficient (Wildman–Crippen LogP) is 2.26. The molecule has 158 valence electrons. The van der Waals surface area contributed by atoms with Gasteiger partial charge in [0.15, 0.2) is 0 Å². The Morgan fingerprint density at radius 3 is 2.74 bits per heavy atom. The third-order valence-electron chi connectivity index (χ3n) is 6.05. The van der Waals surface area contributed by atoms with Crippen LogP contribution in [0.2, 0.25) is 5.02 Å². The van der Waals surface area contributed by atoms with Gasteiger partial charge in [-0.3, -0.25) is 14.4 Å². The van der Waals surface area contributed by atoms with E-state index in [0.717, 1.165) is 16.5 Å². The van der Waals surface area contributed by atoms with Gasteiger partial charge in [0.2, 0.25) is 11.8 Å². The maximum atomic E-state index is 13.1. The molecule has 8 heteroatoms.